The van der Waals surface area contributed by atoms with Gasteiger partial charge in [0.2, 0.25) is 10.0 Å². The van der Waals surface area contributed by atoms with Gasteiger partial charge in [-0.15, -0.1) is 0 Å². The first-order valence-corrected chi connectivity index (χ1v) is 7.18. The Morgan fingerprint density at radius 2 is 2.15 bits per heavy atom. The van der Waals surface area contributed by atoms with Gasteiger partial charge in [-0.25, -0.2) is 8.42 Å². The van der Waals surface area contributed by atoms with Crippen molar-refractivity contribution >= 4 is 21.4 Å². The van der Waals surface area contributed by atoms with Crippen LogP contribution >= 0.6 is 0 Å². The van der Waals surface area contributed by atoms with Crippen molar-refractivity contribution in [1.29, 1.82) is 0 Å². The second-order valence-electron chi connectivity index (χ2n) is 3.80. The van der Waals surface area contributed by atoms with Gasteiger partial charge >= 0.3 is 0 Å². The molecule has 0 unspecified atom stereocenters. The summed E-state index contributed by atoms with van der Waals surface area (Å²) in [7, 11) is -3.89. The molecule has 0 fully saturated rings. The normalized spacial score (nSPS) is 11.6. The number of aliphatic hydroxyl groups excluding tert-OH is 1. The summed E-state index contributed by atoms with van der Waals surface area (Å²) >= 11 is 0. The second-order valence-corrected chi connectivity index (χ2v) is 5.74. The van der Waals surface area contributed by atoms with Gasteiger partial charge in [-0.1, -0.05) is 6.92 Å². The molecule has 0 heterocycles. The van der Waals surface area contributed by atoms with Crippen molar-refractivity contribution in [1.82, 2.24) is 4.31 Å². The fourth-order valence-electron chi connectivity index (χ4n) is 1.65. The van der Waals surface area contributed by atoms with Crippen LogP contribution in [-0.2, 0) is 10.0 Å². The molecule has 0 radical (unpaired) electrons. The quantitative estimate of drug-likeness (QED) is 0.362. The van der Waals surface area contributed by atoms with Gasteiger partial charge in [-0.05, 0) is 12.1 Å². The van der Waals surface area contributed by atoms with E-state index < -0.39 is 20.6 Å². The molecule has 1 aromatic rings. The van der Waals surface area contributed by atoms with E-state index in [0.29, 0.717) is 0 Å². The van der Waals surface area contributed by atoms with Gasteiger partial charge in [0, 0.05) is 19.2 Å². The van der Waals surface area contributed by atoms with Crippen molar-refractivity contribution in [3.05, 3.63) is 28.3 Å². The van der Waals surface area contributed by atoms with E-state index in [0.717, 1.165) is 10.4 Å². The van der Waals surface area contributed by atoms with Crippen molar-refractivity contribution in [3.63, 3.8) is 0 Å². The fourth-order valence-corrected chi connectivity index (χ4v) is 3.11. The molecule has 0 aliphatic carbocycles. The lowest BCUT2D eigenvalue weighted by atomic mass is 10.3. The summed E-state index contributed by atoms with van der Waals surface area (Å²) in [5, 5.41) is 19.7. The third-order valence-corrected chi connectivity index (χ3v) is 4.63. The summed E-state index contributed by atoms with van der Waals surface area (Å²) < 4.78 is 25.6. The minimum atomic E-state index is -3.89. The van der Waals surface area contributed by atoms with Gasteiger partial charge in [-0.2, -0.15) is 4.31 Å². The maximum Gasteiger partial charge on any atom is 0.294 e. The van der Waals surface area contributed by atoms with Crippen molar-refractivity contribution in [2.75, 3.05) is 25.1 Å². The zero-order chi connectivity index (χ0) is 15.3. The molecule has 0 aromatic heterocycles. The molecule has 1 aromatic carbocycles. The van der Waals surface area contributed by atoms with E-state index in [-0.39, 0.29) is 30.3 Å². The molecule has 0 saturated carbocycles. The smallest absolute Gasteiger partial charge is 0.294 e. The molecule has 0 atom stereocenters. The zero-order valence-corrected chi connectivity index (χ0v) is 11.6. The second kappa shape index (κ2) is 6.61. The Balaban J connectivity index is 3.32. The van der Waals surface area contributed by atoms with Crippen molar-refractivity contribution in [2.24, 2.45) is 5.84 Å². The maximum absolute atomic E-state index is 12.3. The van der Waals surface area contributed by atoms with Crippen molar-refractivity contribution in [2.45, 2.75) is 11.8 Å². The minimum absolute atomic E-state index is 0.0131. The topological polar surface area (TPSA) is 139 Å². The average Bonchev–Trinajstić information content (AvgIpc) is 2.43. The Labute approximate surface area is 116 Å². The van der Waals surface area contributed by atoms with E-state index in [1.54, 1.807) is 6.92 Å². The molecule has 112 valence electrons. The summed E-state index contributed by atoms with van der Waals surface area (Å²) in [4.78, 5) is 9.94. The standard InChI is InChI=1S/C10H16N4O5S/c1-2-13(5-6-15)20(18,19)8-3-4-9(12-11)10(7-8)14(16)17/h3-4,7,12,15H,2,5-6,11H2,1H3. The lowest BCUT2D eigenvalue weighted by molar-refractivity contribution is -0.384. The molecule has 20 heavy (non-hydrogen) atoms. The Hall–Kier alpha value is -1.75. The number of nitrogen functional groups attached to an aromatic ring is 1. The lowest BCUT2D eigenvalue weighted by Gasteiger charge is -2.19. The van der Waals surface area contributed by atoms with E-state index in [9.17, 15) is 18.5 Å². The molecule has 0 aliphatic rings. The number of nitrogens with two attached hydrogens (primary N) is 1. The fraction of sp³-hybridized carbons (Fsp3) is 0.400. The van der Waals surface area contributed by atoms with E-state index in [1.165, 1.54) is 12.1 Å². The van der Waals surface area contributed by atoms with Crippen LogP contribution in [0, 0.1) is 10.1 Å². The summed E-state index contributed by atoms with van der Waals surface area (Å²) in [6.45, 7) is 1.34. The number of hydrogen-bond donors (Lipinski definition) is 3. The first kappa shape index (κ1) is 16.3. The third kappa shape index (κ3) is 3.22. The van der Waals surface area contributed by atoms with Gasteiger partial charge < -0.3 is 10.5 Å². The van der Waals surface area contributed by atoms with Crippen LogP contribution in [-0.4, -0.2) is 42.4 Å². The SMILES string of the molecule is CCN(CCO)S(=O)(=O)c1ccc(NN)c([N+](=O)[O-])c1. The molecule has 0 amide bonds. The maximum atomic E-state index is 12.3. The Bertz CT molecular complexity index is 589. The molecule has 0 bridgehead atoms. The summed E-state index contributed by atoms with van der Waals surface area (Å²) in [5.41, 5.74) is 1.71. The van der Waals surface area contributed by atoms with Gasteiger partial charge in [0.05, 0.1) is 16.4 Å². The number of hydrogen-bond acceptors (Lipinski definition) is 7. The van der Waals surface area contributed by atoms with Gasteiger partial charge in [0.15, 0.2) is 0 Å². The van der Waals surface area contributed by atoms with Crippen LogP contribution in [0.4, 0.5) is 11.4 Å². The summed E-state index contributed by atoms with van der Waals surface area (Å²) in [5.74, 6) is 5.13. The first-order chi connectivity index (χ1) is 9.38. The number of anilines is 1. The molecule has 4 N–H and O–H groups in total. The van der Waals surface area contributed by atoms with Crippen LogP contribution < -0.4 is 11.3 Å². The van der Waals surface area contributed by atoms with Crippen LogP contribution in [0.3, 0.4) is 0 Å². The Morgan fingerprint density at radius 1 is 1.50 bits per heavy atom. The van der Waals surface area contributed by atoms with Crippen LogP contribution in [0.15, 0.2) is 23.1 Å². The predicted octanol–water partition coefficient (Wildman–Crippen LogP) is -0.117. The van der Waals surface area contributed by atoms with E-state index >= 15 is 0 Å². The van der Waals surface area contributed by atoms with Gasteiger partial charge in [0.1, 0.15) is 5.69 Å². The number of benzene rings is 1. The zero-order valence-electron chi connectivity index (χ0n) is 10.8. The number of sulfonamides is 1. The molecule has 0 spiro atoms. The van der Waals surface area contributed by atoms with E-state index in [1.807, 2.05) is 0 Å². The molecular weight excluding hydrogens is 288 g/mol. The number of nitro groups is 1. The monoisotopic (exact) mass is 304 g/mol. The van der Waals surface area contributed by atoms with Crippen LogP contribution in [0.1, 0.15) is 6.92 Å². The number of nitrogens with one attached hydrogen (secondary N) is 1. The number of aliphatic hydroxyl groups is 1. The number of nitrogens with zero attached hydrogens (tertiary/aromatic N) is 2. The van der Waals surface area contributed by atoms with Gasteiger partial charge in [0.25, 0.3) is 5.69 Å². The predicted molar refractivity (Wildman–Crippen MR) is 72.4 cm³/mol. The van der Waals surface area contributed by atoms with Crippen LogP contribution in [0.5, 0.6) is 0 Å². The van der Waals surface area contributed by atoms with Crippen LogP contribution in [0.25, 0.3) is 0 Å². The third-order valence-electron chi connectivity index (χ3n) is 2.66. The van der Waals surface area contributed by atoms with E-state index in [4.69, 9.17) is 10.9 Å². The lowest BCUT2D eigenvalue weighted by Crippen LogP contribution is -2.33. The average molecular weight is 304 g/mol. The molecule has 9 nitrogen and oxygen atoms in total. The van der Waals surface area contributed by atoms with Crippen molar-refractivity contribution < 1.29 is 18.4 Å². The molecule has 1 rings (SSSR count). The summed E-state index contributed by atoms with van der Waals surface area (Å²) in [6.07, 6.45) is 0. The van der Waals surface area contributed by atoms with E-state index in [2.05, 4.69) is 5.43 Å². The summed E-state index contributed by atoms with van der Waals surface area (Å²) in [6, 6.07) is 3.37. The number of likely N-dealkylation sites (N-methyl/N-ethyl adjacent to an activating group) is 1. The van der Waals surface area contributed by atoms with Gasteiger partial charge in [-0.3, -0.25) is 16.0 Å². The number of rotatable bonds is 7. The highest BCUT2D eigenvalue weighted by molar-refractivity contribution is 7.89. The number of nitro benzene ring substituents is 1. The van der Waals surface area contributed by atoms with Crippen LogP contribution in [0.2, 0.25) is 0 Å². The molecular formula is C10H16N4O5S. The van der Waals surface area contributed by atoms with Crippen molar-refractivity contribution in [3.8, 4) is 0 Å². The Morgan fingerprint density at radius 3 is 2.60 bits per heavy atom. The highest BCUT2D eigenvalue weighted by atomic mass is 32.2. The minimum Gasteiger partial charge on any atom is -0.395 e. The highest BCUT2D eigenvalue weighted by Crippen LogP contribution is 2.28. The number of hydrazine groups is 1. The Kier molecular flexibility index (Phi) is 5.39. The highest BCUT2D eigenvalue weighted by Gasteiger charge is 2.26. The molecule has 0 saturated heterocycles. The largest absolute Gasteiger partial charge is 0.395 e. The molecule has 10 heteroatoms. The molecule has 0 aliphatic heterocycles. The first-order valence-electron chi connectivity index (χ1n) is 5.74.